The van der Waals surface area contributed by atoms with Crippen LogP contribution in [0.15, 0.2) is 53.0 Å². The Kier molecular flexibility index (Phi) is 5.50. The average molecular weight is 483 g/mol. The monoisotopic (exact) mass is 482 g/mol. The largest absolute Gasteiger partial charge is 0.573 e. The van der Waals surface area contributed by atoms with Crippen molar-refractivity contribution in [1.82, 2.24) is 9.97 Å². The molecule has 1 aliphatic rings. The molecular weight excluding hydrogens is 468 g/mol. The van der Waals surface area contributed by atoms with Crippen LogP contribution < -0.4 is 15.4 Å². The predicted molar refractivity (Wildman–Crippen MR) is 108 cm³/mol. The standard InChI is InChI=1S/C20H15BrF4N4O/c21-15-7-6-13(9-16(15)22)26-18-10-17(28-19(29-18)27-12-4-5-12)11-2-1-3-14(8-11)30-20(23,24)25/h1-3,6-10,12H,4-5H2,(H2,26,27,28,29). The lowest BCUT2D eigenvalue weighted by Gasteiger charge is -2.13. The Morgan fingerprint density at radius 1 is 1.03 bits per heavy atom. The van der Waals surface area contributed by atoms with Gasteiger partial charge in [-0.15, -0.1) is 13.2 Å². The van der Waals surface area contributed by atoms with Crippen molar-refractivity contribution < 1.29 is 22.3 Å². The van der Waals surface area contributed by atoms with Gasteiger partial charge in [0.05, 0.1) is 10.2 Å². The number of nitrogens with one attached hydrogen (secondary N) is 2. The molecule has 0 bridgehead atoms. The van der Waals surface area contributed by atoms with Crippen LogP contribution in [0.2, 0.25) is 0 Å². The maximum atomic E-state index is 13.8. The van der Waals surface area contributed by atoms with E-state index >= 15 is 0 Å². The second-order valence-electron chi connectivity index (χ2n) is 6.71. The molecule has 4 rings (SSSR count). The van der Waals surface area contributed by atoms with Crippen molar-refractivity contribution in [3.8, 4) is 17.0 Å². The van der Waals surface area contributed by atoms with Gasteiger partial charge in [0.15, 0.2) is 0 Å². The molecule has 0 spiro atoms. The highest BCUT2D eigenvalue weighted by Crippen LogP contribution is 2.31. The van der Waals surface area contributed by atoms with Crippen molar-refractivity contribution >= 4 is 33.4 Å². The van der Waals surface area contributed by atoms with Gasteiger partial charge in [0.25, 0.3) is 0 Å². The summed E-state index contributed by atoms with van der Waals surface area (Å²) in [4.78, 5) is 8.80. The molecule has 3 aromatic rings. The lowest BCUT2D eigenvalue weighted by molar-refractivity contribution is -0.274. The van der Waals surface area contributed by atoms with Crippen molar-refractivity contribution in [2.24, 2.45) is 0 Å². The zero-order valence-corrected chi connectivity index (χ0v) is 16.9. The van der Waals surface area contributed by atoms with E-state index in [1.165, 1.54) is 24.3 Å². The topological polar surface area (TPSA) is 59.1 Å². The van der Waals surface area contributed by atoms with Crippen LogP contribution in [0.5, 0.6) is 5.75 Å². The molecule has 5 nitrogen and oxygen atoms in total. The van der Waals surface area contributed by atoms with Crippen LogP contribution in [0.4, 0.5) is 35.0 Å². The van der Waals surface area contributed by atoms with Gasteiger partial charge in [-0.2, -0.15) is 4.98 Å². The molecule has 2 N–H and O–H groups in total. The van der Waals surface area contributed by atoms with E-state index in [-0.39, 0.29) is 11.8 Å². The van der Waals surface area contributed by atoms with Crippen LogP contribution >= 0.6 is 15.9 Å². The number of rotatable bonds is 6. The Morgan fingerprint density at radius 2 is 1.83 bits per heavy atom. The second-order valence-corrected chi connectivity index (χ2v) is 7.56. The third-order valence-electron chi connectivity index (χ3n) is 4.19. The maximum Gasteiger partial charge on any atom is 0.573 e. The Balaban J connectivity index is 1.67. The second kappa shape index (κ2) is 8.10. The molecule has 0 unspecified atom stereocenters. The molecule has 0 saturated heterocycles. The first-order valence-corrected chi connectivity index (χ1v) is 9.78. The number of halogens is 5. The molecule has 0 radical (unpaired) electrons. The van der Waals surface area contributed by atoms with E-state index < -0.39 is 12.2 Å². The first-order chi connectivity index (χ1) is 14.2. The van der Waals surface area contributed by atoms with E-state index in [4.69, 9.17) is 0 Å². The zero-order valence-electron chi connectivity index (χ0n) is 15.3. The van der Waals surface area contributed by atoms with Gasteiger partial charge >= 0.3 is 6.36 Å². The third-order valence-corrected chi connectivity index (χ3v) is 4.84. The van der Waals surface area contributed by atoms with E-state index in [9.17, 15) is 17.6 Å². The van der Waals surface area contributed by atoms with Gasteiger partial charge < -0.3 is 15.4 Å². The fourth-order valence-electron chi connectivity index (χ4n) is 2.71. The first kappa shape index (κ1) is 20.4. The quantitative estimate of drug-likeness (QED) is 0.406. The summed E-state index contributed by atoms with van der Waals surface area (Å²) in [6.07, 6.45) is -2.81. The van der Waals surface area contributed by atoms with Gasteiger partial charge in [-0.3, -0.25) is 0 Å². The van der Waals surface area contributed by atoms with Gasteiger partial charge in [-0.05, 0) is 59.1 Å². The summed E-state index contributed by atoms with van der Waals surface area (Å²) in [6.45, 7) is 0. The Labute approximate surface area is 177 Å². The van der Waals surface area contributed by atoms with E-state index in [1.807, 2.05) is 0 Å². The van der Waals surface area contributed by atoms with Gasteiger partial charge in [0.1, 0.15) is 17.4 Å². The van der Waals surface area contributed by atoms with E-state index in [0.717, 1.165) is 12.8 Å². The van der Waals surface area contributed by atoms with Gasteiger partial charge in [-0.25, -0.2) is 9.37 Å². The average Bonchev–Trinajstić information content (AvgIpc) is 3.47. The minimum atomic E-state index is -4.79. The minimum absolute atomic E-state index is 0.262. The highest BCUT2D eigenvalue weighted by atomic mass is 79.9. The molecule has 1 heterocycles. The number of aromatic nitrogens is 2. The van der Waals surface area contributed by atoms with Crippen molar-refractivity contribution in [2.75, 3.05) is 10.6 Å². The summed E-state index contributed by atoms with van der Waals surface area (Å²) in [7, 11) is 0. The molecule has 30 heavy (non-hydrogen) atoms. The number of benzene rings is 2. The maximum absolute atomic E-state index is 13.8. The summed E-state index contributed by atoms with van der Waals surface area (Å²) in [6, 6.07) is 11.9. The summed E-state index contributed by atoms with van der Waals surface area (Å²) < 4.78 is 55.8. The smallest absolute Gasteiger partial charge is 0.406 e. The van der Waals surface area contributed by atoms with Gasteiger partial charge in [0.2, 0.25) is 5.95 Å². The number of anilines is 3. The highest BCUT2D eigenvalue weighted by Gasteiger charge is 2.31. The molecule has 0 amide bonds. The number of hydrogen-bond acceptors (Lipinski definition) is 5. The summed E-state index contributed by atoms with van der Waals surface area (Å²) in [5.74, 6) is -0.0911. The van der Waals surface area contributed by atoms with Crippen molar-refractivity contribution in [3.05, 3.63) is 58.8 Å². The van der Waals surface area contributed by atoms with Crippen LogP contribution in [-0.4, -0.2) is 22.4 Å². The number of ether oxygens (including phenoxy) is 1. The lowest BCUT2D eigenvalue weighted by Crippen LogP contribution is -2.17. The molecular formula is C20H15BrF4N4O. The fourth-order valence-corrected chi connectivity index (χ4v) is 2.95. The molecule has 1 saturated carbocycles. The molecule has 10 heteroatoms. The molecule has 0 atom stereocenters. The summed E-state index contributed by atoms with van der Waals surface area (Å²) >= 11 is 3.10. The molecule has 1 fully saturated rings. The Morgan fingerprint density at radius 3 is 2.53 bits per heavy atom. The zero-order chi connectivity index (χ0) is 21.3. The predicted octanol–water partition coefficient (Wildman–Crippen LogP) is 6.26. The van der Waals surface area contributed by atoms with Gasteiger partial charge in [0, 0.05) is 23.4 Å². The SMILES string of the molecule is Fc1cc(Nc2cc(-c3cccc(OC(F)(F)F)c3)nc(NC3CC3)n2)ccc1Br. The number of alkyl halides is 3. The van der Waals surface area contributed by atoms with Crippen molar-refractivity contribution in [2.45, 2.75) is 25.2 Å². The van der Waals surface area contributed by atoms with Crippen LogP contribution in [0, 0.1) is 5.82 Å². The first-order valence-electron chi connectivity index (χ1n) is 8.99. The van der Waals surface area contributed by atoms with Crippen LogP contribution in [0.3, 0.4) is 0 Å². The normalized spacial score (nSPS) is 13.8. The lowest BCUT2D eigenvalue weighted by atomic mass is 10.1. The summed E-state index contributed by atoms with van der Waals surface area (Å²) in [5.41, 5.74) is 1.27. The Bertz CT molecular complexity index is 1070. The molecule has 2 aromatic carbocycles. The fraction of sp³-hybridized carbons (Fsp3) is 0.200. The van der Waals surface area contributed by atoms with E-state index in [1.54, 1.807) is 24.3 Å². The van der Waals surface area contributed by atoms with E-state index in [0.29, 0.717) is 33.2 Å². The van der Waals surface area contributed by atoms with Crippen LogP contribution in [0.25, 0.3) is 11.3 Å². The summed E-state index contributed by atoms with van der Waals surface area (Å²) in [5, 5.41) is 6.18. The number of nitrogens with zero attached hydrogens (tertiary/aromatic N) is 2. The number of hydrogen-bond donors (Lipinski definition) is 2. The molecule has 0 aliphatic heterocycles. The van der Waals surface area contributed by atoms with Crippen LogP contribution in [-0.2, 0) is 0 Å². The third kappa shape index (κ3) is 5.38. The highest BCUT2D eigenvalue weighted by molar-refractivity contribution is 9.10. The van der Waals surface area contributed by atoms with E-state index in [2.05, 4.69) is 41.3 Å². The molecule has 1 aromatic heterocycles. The molecule has 156 valence electrons. The van der Waals surface area contributed by atoms with Crippen molar-refractivity contribution in [1.29, 1.82) is 0 Å². The molecule has 1 aliphatic carbocycles. The van der Waals surface area contributed by atoms with Crippen LogP contribution in [0.1, 0.15) is 12.8 Å². The Hall–Kier alpha value is -2.88. The van der Waals surface area contributed by atoms with Gasteiger partial charge in [-0.1, -0.05) is 12.1 Å². The minimum Gasteiger partial charge on any atom is -0.406 e. The van der Waals surface area contributed by atoms with Crippen molar-refractivity contribution in [3.63, 3.8) is 0 Å².